The van der Waals surface area contributed by atoms with E-state index in [2.05, 4.69) is 23.7 Å². The van der Waals surface area contributed by atoms with Gasteiger partial charge in [-0.25, -0.2) is 0 Å². The second-order valence-corrected chi connectivity index (χ2v) is 4.75. The van der Waals surface area contributed by atoms with E-state index in [1.165, 1.54) is 11.6 Å². The zero-order valence-corrected chi connectivity index (χ0v) is 10.4. The summed E-state index contributed by atoms with van der Waals surface area (Å²) in [5.41, 5.74) is 2.03. The monoisotopic (exact) mass is 249 g/mol. The Kier molecular flexibility index (Phi) is 3.66. The van der Waals surface area contributed by atoms with Crippen LogP contribution in [-0.2, 0) is 6.54 Å². The summed E-state index contributed by atoms with van der Waals surface area (Å²) in [4.78, 5) is 0. The fourth-order valence-electron chi connectivity index (χ4n) is 1.60. The number of rotatable bonds is 4. The van der Waals surface area contributed by atoms with E-state index >= 15 is 0 Å². The summed E-state index contributed by atoms with van der Waals surface area (Å²) in [6, 6.07) is 6.98. The molecule has 1 unspecified atom stereocenters. The first-order valence-corrected chi connectivity index (χ1v) is 6.37. The van der Waals surface area contributed by atoms with E-state index in [1.54, 1.807) is 23.5 Å². The third-order valence-corrected chi connectivity index (χ3v) is 3.41. The van der Waals surface area contributed by atoms with E-state index in [0.717, 1.165) is 5.56 Å². The Balaban J connectivity index is 1.98. The van der Waals surface area contributed by atoms with E-state index < -0.39 is 0 Å². The van der Waals surface area contributed by atoms with Crippen molar-refractivity contribution in [2.24, 2.45) is 0 Å². The van der Waals surface area contributed by atoms with Crippen molar-refractivity contribution in [3.05, 3.63) is 46.2 Å². The normalized spacial score (nSPS) is 12.5. The Morgan fingerprint density at radius 2 is 2.12 bits per heavy atom. The van der Waals surface area contributed by atoms with Gasteiger partial charge in [0.1, 0.15) is 11.5 Å². The van der Waals surface area contributed by atoms with Crippen molar-refractivity contribution in [1.29, 1.82) is 0 Å². The molecule has 0 bridgehead atoms. The summed E-state index contributed by atoms with van der Waals surface area (Å²) in [7, 11) is 0. The Labute approximate surface area is 104 Å². The van der Waals surface area contributed by atoms with Crippen LogP contribution >= 0.6 is 11.3 Å². The molecule has 0 saturated heterocycles. The number of nitrogens with one attached hydrogen (secondary N) is 1. The minimum Gasteiger partial charge on any atom is -0.508 e. The second-order valence-electron chi connectivity index (χ2n) is 3.97. The Morgan fingerprint density at radius 1 is 1.29 bits per heavy atom. The molecule has 0 aliphatic heterocycles. The topological polar surface area (TPSA) is 52.5 Å². The molecular formula is C13H15NO2S. The van der Waals surface area contributed by atoms with Crippen molar-refractivity contribution in [1.82, 2.24) is 5.32 Å². The molecule has 3 nitrogen and oxygen atoms in total. The van der Waals surface area contributed by atoms with E-state index in [1.807, 2.05) is 5.38 Å². The van der Waals surface area contributed by atoms with Crippen molar-refractivity contribution < 1.29 is 10.2 Å². The maximum Gasteiger partial charge on any atom is 0.123 e. The maximum absolute atomic E-state index is 9.64. The number of aromatic hydroxyl groups is 2. The van der Waals surface area contributed by atoms with Gasteiger partial charge < -0.3 is 15.5 Å². The average molecular weight is 249 g/mol. The molecule has 2 rings (SSSR count). The average Bonchev–Trinajstić information content (AvgIpc) is 2.81. The fraction of sp³-hybridized carbons (Fsp3) is 0.231. The summed E-state index contributed by atoms with van der Waals surface area (Å²) < 4.78 is 0. The first-order valence-electron chi connectivity index (χ1n) is 5.43. The number of hydrogen-bond donors (Lipinski definition) is 3. The van der Waals surface area contributed by atoms with Gasteiger partial charge in [0.05, 0.1) is 0 Å². The molecule has 2 aromatic rings. The van der Waals surface area contributed by atoms with Crippen LogP contribution in [0.4, 0.5) is 0 Å². The molecule has 90 valence electrons. The van der Waals surface area contributed by atoms with Gasteiger partial charge in [-0.3, -0.25) is 0 Å². The van der Waals surface area contributed by atoms with Crippen molar-refractivity contribution >= 4 is 11.3 Å². The van der Waals surface area contributed by atoms with Crippen LogP contribution in [0.15, 0.2) is 35.0 Å². The van der Waals surface area contributed by atoms with E-state index in [4.69, 9.17) is 0 Å². The van der Waals surface area contributed by atoms with E-state index in [0.29, 0.717) is 6.54 Å². The summed E-state index contributed by atoms with van der Waals surface area (Å²) in [5, 5.41) is 26.3. The van der Waals surface area contributed by atoms with Gasteiger partial charge in [-0.1, -0.05) is 6.07 Å². The number of phenolic OH excluding ortho intramolecular Hbond substituents is 2. The summed E-state index contributed by atoms with van der Waals surface area (Å²) in [5.74, 6) is 0.201. The van der Waals surface area contributed by atoms with Crippen LogP contribution < -0.4 is 5.32 Å². The highest BCUT2D eigenvalue weighted by atomic mass is 32.1. The zero-order valence-electron chi connectivity index (χ0n) is 9.55. The number of phenols is 2. The van der Waals surface area contributed by atoms with Crippen molar-refractivity contribution in [2.45, 2.75) is 19.5 Å². The summed E-state index contributed by atoms with van der Waals surface area (Å²) >= 11 is 1.67. The molecule has 1 atom stereocenters. The molecule has 0 radical (unpaired) electrons. The second kappa shape index (κ2) is 5.21. The van der Waals surface area contributed by atoms with Gasteiger partial charge in [-0.05, 0) is 35.4 Å². The third-order valence-electron chi connectivity index (χ3n) is 2.71. The first-order chi connectivity index (χ1) is 8.16. The first kappa shape index (κ1) is 12.0. The van der Waals surface area contributed by atoms with Crippen molar-refractivity contribution in [3.63, 3.8) is 0 Å². The lowest BCUT2D eigenvalue weighted by atomic mass is 10.1. The molecule has 0 aliphatic rings. The van der Waals surface area contributed by atoms with Crippen LogP contribution in [0.3, 0.4) is 0 Å². The molecule has 0 fully saturated rings. The number of benzene rings is 1. The molecule has 1 heterocycles. The van der Waals surface area contributed by atoms with Gasteiger partial charge in [-0.15, -0.1) is 0 Å². The lowest BCUT2D eigenvalue weighted by Crippen LogP contribution is -2.17. The van der Waals surface area contributed by atoms with Crippen LogP contribution in [0.25, 0.3) is 0 Å². The molecular weight excluding hydrogens is 234 g/mol. The third kappa shape index (κ3) is 2.99. The molecule has 1 aromatic heterocycles. The molecule has 0 saturated carbocycles. The highest BCUT2D eigenvalue weighted by Crippen LogP contribution is 2.23. The predicted molar refractivity (Wildman–Crippen MR) is 69.3 cm³/mol. The fourth-order valence-corrected chi connectivity index (χ4v) is 2.36. The Bertz CT molecular complexity index is 482. The van der Waals surface area contributed by atoms with Crippen molar-refractivity contribution in [3.8, 4) is 11.5 Å². The van der Waals surface area contributed by atoms with Crippen LogP contribution in [-0.4, -0.2) is 10.2 Å². The highest BCUT2D eigenvalue weighted by molar-refractivity contribution is 7.07. The molecule has 4 heteroatoms. The lowest BCUT2D eigenvalue weighted by molar-refractivity contribution is 0.441. The number of hydrogen-bond acceptors (Lipinski definition) is 4. The maximum atomic E-state index is 9.64. The van der Waals surface area contributed by atoms with Crippen molar-refractivity contribution in [2.75, 3.05) is 0 Å². The molecule has 1 aromatic carbocycles. The van der Waals surface area contributed by atoms with Crippen LogP contribution in [0.5, 0.6) is 11.5 Å². The molecule has 17 heavy (non-hydrogen) atoms. The van der Waals surface area contributed by atoms with Crippen LogP contribution in [0, 0.1) is 0 Å². The standard InChI is InChI=1S/C13H15NO2S/c1-9(11-4-5-17-8-11)14-7-10-2-3-12(15)6-13(10)16/h2-6,8-9,14-16H,7H2,1H3. The van der Waals surface area contributed by atoms with Crippen LogP contribution in [0.2, 0.25) is 0 Å². The Morgan fingerprint density at radius 3 is 2.76 bits per heavy atom. The predicted octanol–water partition coefficient (Wildman–Crippen LogP) is 3.01. The minimum atomic E-state index is 0.0807. The Hall–Kier alpha value is -1.52. The van der Waals surface area contributed by atoms with E-state index in [9.17, 15) is 10.2 Å². The van der Waals surface area contributed by atoms with Gasteiger partial charge in [-0.2, -0.15) is 11.3 Å². The highest BCUT2D eigenvalue weighted by Gasteiger charge is 2.07. The summed E-state index contributed by atoms with van der Waals surface area (Å²) in [6.45, 7) is 2.66. The smallest absolute Gasteiger partial charge is 0.123 e. The van der Waals surface area contributed by atoms with Gasteiger partial charge in [0, 0.05) is 24.2 Å². The number of thiophene rings is 1. The largest absolute Gasteiger partial charge is 0.508 e. The zero-order chi connectivity index (χ0) is 12.3. The summed E-state index contributed by atoms with van der Waals surface area (Å²) in [6.07, 6.45) is 0. The molecule has 0 spiro atoms. The molecule has 0 amide bonds. The van der Waals surface area contributed by atoms with E-state index in [-0.39, 0.29) is 17.5 Å². The minimum absolute atomic E-state index is 0.0807. The van der Waals surface area contributed by atoms with Crippen LogP contribution in [0.1, 0.15) is 24.1 Å². The quantitative estimate of drug-likeness (QED) is 0.780. The van der Waals surface area contributed by atoms with Gasteiger partial charge in [0.2, 0.25) is 0 Å². The molecule has 0 aliphatic carbocycles. The van der Waals surface area contributed by atoms with Gasteiger partial charge >= 0.3 is 0 Å². The van der Waals surface area contributed by atoms with Gasteiger partial charge in [0.15, 0.2) is 0 Å². The molecule has 3 N–H and O–H groups in total. The lowest BCUT2D eigenvalue weighted by Gasteiger charge is -2.13. The SMILES string of the molecule is CC(NCc1ccc(O)cc1O)c1ccsc1. The van der Waals surface area contributed by atoms with Gasteiger partial charge in [0.25, 0.3) is 0 Å².